The van der Waals surface area contributed by atoms with Gasteiger partial charge in [0.2, 0.25) is 0 Å². The van der Waals surface area contributed by atoms with Crippen LogP contribution < -0.4 is 15.0 Å². The quantitative estimate of drug-likeness (QED) is 0.603. The summed E-state index contributed by atoms with van der Waals surface area (Å²) in [5, 5.41) is 4.40. The summed E-state index contributed by atoms with van der Waals surface area (Å²) in [5.41, 5.74) is 3.54. The summed E-state index contributed by atoms with van der Waals surface area (Å²) in [6, 6.07) is 20.9. The van der Waals surface area contributed by atoms with Crippen molar-refractivity contribution in [1.29, 1.82) is 0 Å². The average Bonchev–Trinajstić information content (AvgIpc) is 2.73. The Morgan fingerprint density at radius 2 is 1.86 bits per heavy atom. The van der Waals surface area contributed by atoms with Gasteiger partial charge in [-0.05, 0) is 61.4 Å². The molecule has 1 aliphatic rings. The Morgan fingerprint density at radius 3 is 2.57 bits per heavy atom. The highest BCUT2D eigenvalue weighted by atomic mass is 35.5. The molecule has 4 nitrogen and oxygen atoms in total. The maximum atomic E-state index is 6.02. The second kappa shape index (κ2) is 8.11. The molecular formula is C23H24ClN3O. The largest absolute Gasteiger partial charge is 0.497 e. The van der Waals surface area contributed by atoms with Crippen LogP contribution in [0.3, 0.4) is 0 Å². The first-order chi connectivity index (χ1) is 13.6. The first-order valence-electron chi connectivity index (χ1n) is 9.50. The topological polar surface area (TPSA) is 37.4 Å². The molecule has 5 heteroatoms. The van der Waals surface area contributed by atoms with Crippen molar-refractivity contribution in [3.8, 4) is 5.75 Å². The highest BCUT2D eigenvalue weighted by molar-refractivity contribution is 6.30. The van der Waals surface area contributed by atoms with Gasteiger partial charge in [0.05, 0.1) is 13.2 Å². The standard InChI is InChI=1S/C23H24ClN3O/c1-16-14-22(26-19-9-7-18(24)8-10-19)21-4-3-13-25-23(21)27(16)15-17-5-11-20(28-2)12-6-17/h3-13,16,22,26H,14-15H2,1-2H3. The SMILES string of the molecule is COc1ccc(CN2c3ncccc3C(Nc3ccc(Cl)cc3)CC2C)cc1. The van der Waals surface area contributed by atoms with Crippen molar-refractivity contribution in [2.75, 3.05) is 17.3 Å². The summed E-state index contributed by atoms with van der Waals surface area (Å²) in [5.74, 6) is 1.92. The van der Waals surface area contributed by atoms with E-state index in [2.05, 4.69) is 35.3 Å². The van der Waals surface area contributed by atoms with E-state index in [1.54, 1.807) is 7.11 Å². The van der Waals surface area contributed by atoms with E-state index in [4.69, 9.17) is 21.3 Å². The number of ether oxygens (including phenoxy) is 1. The second-order valence-corrected chi connectivity index (χ2v) is 7.62. The fraction of sp³-hybridized carbons (Fsp3) is 0.261. The van der Waals surface area contributed by atoms with E-state index in [9.17, 15) is 0 Å². The van der Waals surface area contributed by atoms with Crippen LogP contribution in [0.5, 0.6) is 5.75 Å². The number of nitrogens with zero attached hydrogens (tertiary/aromatic N) is 2. The molecule has 0 saturated heterocycles. The van der Waals surface area contributed by atoms with Crippen LogP contribution in [0.2, 0.25) is 5.02 Å². The zero-order chi connectivity index (χ0) is 19.5. The Hall–Kier alpha value is -2.72. The molecule has 0 spiro atoms. The molecule has 1 aliphatic heterocycles. The monoisotopic (exact) mass is 393 g/mol. The molecule has 2 heterocycles. The van der Waals surface area contributed by atoms with Gasteiger partial charge in [0.25, 0.3) is 0 Å². The lowest BCUT2D eigenvalue weighted by molar-refractivity contribution is 0.414. The molecule has 4 rings (SSSR count). The van der Waals surface area contributed by atoms with Gasteiger partial charge in [-0.1, -0.05) is 29.8 Å². The number of rotatable bonds is 5. The molecule has 28 heavy (non-hydrogen) atoms. The van der Waals surface area contributed by atoms with Crippen molar-refractivity contribution in [3.05, 3.63) is 83.0 Å². The summed E-state index contributed by atoms with van der Waals surface area (Å²) < 4.78 is 5.27. The number of benzene rings is 2. The van der Waals surface area contributed by atoms with E-state index in [0.29, 0.717) is 6.04 Å². The fourth-order valence-corrected chi connectivity index (χ4v) is 3.89. The molecule has 2 unspecified atom stereocenters. The smallest absolute Gasteiger partial charge is 0.134 e. The first-order valence-corrected chi connectivity index (χ1v) is 9.88. The van der Waals surface area contributed by atoms with Crippen LogP contribution in [0, 0.1) is 0 Å². The fourth-order valence-electron chi connectivity index (χ4n) is 3.77. The van der Waals surface area contributed by atoms with Crippen molar-refractivity contribution in [2.24, 2.45) is 0 Å². The first kappa shape index (κ1) is 18.6. The predicted molar refractivity (Wildman–Crippen MR) is 115 cm³/mol. The van der Waals surface area contributed by atoms with Crippen LogP contribution in [-0.4, -0.2) is 18.1 Å². The summed E-state index contributed by atoms with van der Waals surface area (Å²) in [6.07, 6.45) is 2.87. The van der Waals surface area contributed by atoms with Crippen molar-refractivity contribution in [2.45, 2.75) is 32.0 Å². The number of anilines is 2. The molecular weight excluding hydrogens is 370 g/mol. The number of nitrogens with one attached hydrogen (secondary N) is 1. The number of methoxy groups -OCH3 is 1. The molecule has 0 amide bonds. The third kappa shape index (κ3) is 3.92. The second-order valence-electron chi connectivity index (χ2n) is 7.18. The molecule has 2 atom stereocenters. The molecule has 0 radical (unpaired) electrons. The Bertz CT molecular complexity index is 927. The number of hydrogen-bond donors (Lipinski definition) is 1. The van der Waals surface area contributed by atoms with Crippen LogP contribution in [-0.2, 0) is 6.54 Å². The Morgan fingerprint density at radius 1 is 1.11 bits per heavy atom. The zero-order valence-electron chi connectivity index (χ0n) is 16.1. The van der Waals surface area contributed by atoms with E-state index < -0.39 is 0 Å². The lowest BCUT2D eigenvalue weighted by atomic mass is 9.93. The highest BCUT2D eigenvalue weighted by Crippen LogP contribution is 2.38. The summed E-state index contributed by atoms with van der Waals surface area (Å²) in [4.78, 5) is 7.11. The van der Waals surface area contributed by atoms with Gasteiger partial charge in [0.15, 0.2) is 0 Å². The van der Waals surface area contributed by atoms with E-state index in [1.165, 1.54) is 11.1 Å². The van der Waals surface area contributed by atoms with Crippen molar-refractivity contribution in [1.82, 2.24) is 4.98 Å². The van der Waals surface area contributed by atoms with Crippen molar-refractivity contribution >= 4 is 23.1 Å². The Kier molecular flexibility index (Phi) is 5.40. The maximum Gasteiger partial charge on any atom is 0.134 e. The molecule has 0 saturated carbocycles. The molecule has 0 bridgehead atoms. The normalized spacial score (nSPS) is 18.5. The van der Waals surface area contributed by atoms with Gasteiger partial charge in [-0.25, -0.2) is 4.98 Å². The third-order valence-corrected chi connectivity index (χ3v) is 5.52. The van der Waals surface area contributed by atoms with E-state index >= 15 is 0 Å². The minimum Gasteiger partial charge on any atom is -0.497 e. The molecule has 144 valence electrons. The van der Waals surface area contributed by atoms with Gasteiger partial charge in [-0.3, -0.25) is 0 Å². The van der Waals surface area contributed by atoms with Crippen LogP contribution in [0.1, 0.15) is 30.5 Å². The Balaban J connectivity index is 1.59. The highest BCUT2D eigenvalue weighted by Gasteiger charge is 2.31. The van der Waals surface area contributed by atoms with Crippen LogP contribution >= 0.6 is 11.6 Å². The van der Waals surface area contributed by atoms with Crippen LogP contribution in [0.4, 0.5) is 11.5 Å². The lowest BCUT2D eigenvalue weighted by Gasteiger charge is -2.40. The summed E-state index contributed by atoms with van der Waals surface area (Å²) in [7, 11) is 1.69. The molecule has 3 aromatic rings. The number of hydrogen-bond acceptors (Lipinski definition) is 4. The number of halogens is 1. The molecule has 0 aliphatic carbocycles. The van der Waals surface area contributed by atoms with E-state index in [-0.39, 0.29) is 6.04 Å². The third-order valence-electron chi connectivity index (χ3n) is 5.27. The zero-order valence-corrected chi connectivity index (χ0v) is 16.9. The van der Waals surface area contributed by atoms with Gasteiger partial charge in [-0.2, -0.15) is 0 Å². The Labute approximate surface area is 171 Å². The summed E-state index contributed by atoms with van der Waals surface area (Å²) in [6.45, 7) is 3.08. The van der Waals surface area contributed by atoms with Gasteiger partial charge in [0, 0.05) is 35.1 Å². The summed E-state index contributed by atoms with van der Waals surface area (Å²) >= 11 is 6.02. The van der Waals surface area contributed by atoms with Crippen LogP contribution in [0.25, 0.3) is 0 Å². The van der Waals surface area contributed by atoms with Crippen LogP contribution in [0.15, 0.2) is 66.9 Å². The molecule has 1 N–H and O–H groups in total. The minimum absolute atomic E-state index is 0.215. The maximum absolute atomic E-state index is 6.02. The van der Waals surface area contributed by atoms with Gasteiger partial charge >= 0.3 is 0 Å². The predicted octanol–water partition coefficient (Wildman–Crippen LogP) is 5.70. The minimum atomic E-state index is 0.215. The van der Waals surface area contributed by atoms with Crippen molar-refractivity contribution < 1.29 is 4.74 Å². The van der Waals surface area contributed by atoms with E-state index in [1.807, 2.05) is 48.7 Å². The number of aromatic nitrogens is 1. The van der Waals surface area contributed by atoms with Crippen molar-refractivity contribution in [3.63, 3.8) is 0 Å². The lowest BCUT2D eigenvalue weighted by Crippen LogP contribution is -2.40. The molecule has 2 aromatic carbocycles. The molecule has 1 aromatic heterocycles. The molecule has 0 fully saturated rings. The number of pyridine rings is 1. The average molecular weight is 394 g/mol. The van der Waals surface area contributed by atoms with Gasteiger partial charge in [-0.15, -0.1) is 0 Å². The van der Waals surface area contributed by atoms with E-state index in [0.717, 1.165) is 35.2 Å². The van der Waals surface area contributed by atoms with Gasteiger partial charge in [0.1, 0.15) is 11.6 Å². The van der Waals surface area contributed by atoms with Gasteiger partial charge < -0.3 is 15.0 Å². The number of fused-ring (bicyclic) bond motifs is 1.